The Labute approximate surface area is 103 Å². The molecule has 0 unspecified atom stereocenters. The summed E-state index contributed by atoms with van der Waals surface area (Å²) in [5.74, 6) is 0.761. The number of nitrogens with one attached hydrogen (secondary N) is 1. The van der Waals surface area contributed by atoms with Crippen molar-refractivity contribution in [3.8, 4) is 0 Å². The highest BCUT2D eigenvalue weighted by Crippen LogP contribution is 2.15. The van der Waals surface area contributed by atoms with Gasteiger partial charge in [-0.2, -0.15) is 12.7 Å². The van der Waals surface area contributed by atoms with Crippen LogP contribution >= 0.6 is 0 Å². The van der Waals surface area contributed by atoms with E-state index in [1.54, 1.807) is 0 Å². The summed E-state index contributed by atoms with van der Waals surface area (Å²) in [6.07, 6.45) is 2.46. The van der Waals surface area contributed by atoms with Crippen molar-refractivity contribution in [2.24, 2.45) is 11.1 Å². The number of nitrogens with zero attached hydrogens (tertiary/aromatic N) is 2. The van der Waals surface area contributed by atoms with Crippen molar-refractivity contribution in [1.82, 2.24) is 14.5 Å². The third kappa shape index (κ3) is 3.89. The summed E-state index contributed by atoms with van der Waals surface area (Å²) in [6, 6.07) is 0. The first kappa shape index (κ1) is 13.2. The van der Waals surface area contributed by atoms with Crippen molar-refractivity contribution in [2.75, 3.05) is 45.8 Å². The van der Waals surface area contributed by atoms with Crippen LogP contribution in [0.4, 0.5) is 0 Å². The Bertz CT molecular complexity index is 332. The van der Waals surface area contributed by atoms with E-state index >= 15 is 0 Å². The van der Waals surface area contributed by atoms with Crippen LogP contribution < -0.4 is 10.5 Å². The first-order valence-corrected chi connectivity index (χ1v) is 7.77. The zero-order chi connectivity index (χ0) is 12.3. The molecule has 6 nitrogen and oxygen atoms in total. The normalized spacial score (nSPS) is 26.2. The smallest absolute Gasteiger partial charge is 0.276 e. The van der Waals surface area contributed by atoms with Crippen molar-refractivity contribution < 1.29 is 8.42 Å². The van der Waals surface area contributed by atoms with Gasteiger partial charge in [0.25, 0.3) is 10.2 Å². The van der Waals surface area contributed by atoms with Gasteiger partial charge in [-0.25, -0.2) is 5.14 Å². The monoisotopic (exact) mass is 262 g/mol. The van der Waals surface area contributed by atoms with Crippen LogP contribution in [0.5, 0.6) is 0 Å². The summed E-state index contributed by atoms with van der Waals surface area (Å²) in [4.78, 5) is 2.36. The van der Waals surface area contributed by atoms with Crippen LogP contribution in [0.2, 0.25) is 0 Å². The van der Waals surface area contributed by atoms with Crippen LogP contribution in [0, 0.1) is 5.92 Å². The number of piperazine rings is 1. The summed E-state index contributed by atoms with van der Waals surface area (Å²) in [6.45, 7) is 6.00. The van der Waals surface area contributed by atoms with Gasteiger partial charge in [-0.3, -0.25) is 0 Å². The molecule has 0 spiro atoms. The van der Waals surface area contributed by atoms with Crippen molar-refractivity contribution in [3.63, 3.8) is 0 Å². The third-order valence-electron chi connectivity index (χ3n) is 3.67. The van der Waals surface area contributed by atoms with Gasteiger partial charge in [0.2, 0.25) is 0 Å². The molecule has 0 aromatic carbocycles. The van der Waals surface area contributed by atoms with Crippen LogP contribution in [0.3, 0.4) is 0 Å². The molecule has 2 saturated heterocycles. The molecule has 0 aromatic heterocycles. The Morgan fingerprint density at radius 3 is 2.24 bits per heavy atom. The Balaban J connectivity index is 1.75. The summed E-state index contributed by atoms with van der Waals surface area (Å²) in [5.41, 5.74) is 0. The lowest BCUT2D eigenvalue weighted by atomic mass is 9.97. The van der Waals surface area contributed by atoms with Gasteiger partial charge in [-0.15, -0.1) is 0 Å². The van der Waals surface area contributed by atoms with Crippen molar-refractivity contribution in [3.05, 3.63) is 0 Å². The van der Waals surface area contributed by atoms with E-state index in [0.29, 0.717) is 13.1 Å². The molecule has 2 aliphatic rings. The largest absolute Gasteiger partial charge is 0.317 e. The van der Waals surface area contributed by atoms with Gasteiger partial charge in [-0.1, -0.05) is 0 Å². The van der Waals surface area contributed by atoms with Gasteiger partial charge >= 0.3 is 0 Å². The van der Waals surface area contributed by atoms with Crippen LogP contribution in [0.1, 0.15) is 12.8 Å². The highest BCUT2D eigenvalue weighted by molar-refractivity contribution is 7.86. The molecule has 7 heteroatoms. The standard InChI is InChI=1S/C10H22N4O2S/c11-17(15,16)14-7-5-13(6-8-14)9-10-1-3-12-4-2-10/h10,12H,1-9H2,(H2,11,15,16). The van der Waals surface area contributed by atoms with E-state index in [1.165, 1.54) is 17.1 Å². The average molecular weight is 262 g/mol. The van der Waals surface area contributed by atoms with Crippen molar-refractivity contribution in [1.29, 1.82) is 0 Å². The number of rotatable bonds is 3. The van der Waals surface area contributed by atoms with E-state index in [4.69, 9.17) is 5.14 Å². The van der Waals surface area contributed by atoms with Crippen molar-refractivity contribution >= 4 is 10.2 Å². The predicted molar refractivity (Wildman–Crippen MR) is 66.7 cm³/mol. The molecular weight excluding hydrogens is 240 g/mol. The molecule has 17 heavy (non-hydrogen) atoms. The maximum absolute atomic E-state index is 11.2. The van der Waals surface area contributed by atoms with Gasteiger partial charge < -0.3 is 10.2 Å². The second kappa shape index (κ2) is 5.62. The number of hydrogen-bond donors (Lipinski definition) is 2. The van der Waals surface area contributed by atoms with E-state index < -0.39 is 10.2 Å². The molecular formula is C10H22N4O2S. The molecule has 0 amide bonds. The fourth-order valence-corrected chi connectivity index (χ4v) is 3.27. The van der Waals surface area contributed by atoms with Crippen molar-refractivity contribution in [2.45, 2.75) is 12.8 Å². The number of hydrogen-bond acceptors (Lipinski definition) is 4. The number of nitrogens with two attached hydrogens (primary N) is 1. The lowest BCUT2D eigenvalue weighted by Crippen LogP contribution is -2.51. The van der Waals surface area contributed by atoms with Gasteiger partial charge in [0.05, 0.1) is 0 Å². The number of piperidine rings is 1. The zero-order valence-electron chi connectivity index (χ0n) is 10.1. The second-order valence-electron chi connectivity index (χ2n) is 4.94. The minimum Gasteiger partial charge on any atom is -0.317 e. The average Bonchev–Trinajstić information content (AvgIpc) is 2.30. The molecule has 2 rings (SSSR count). The molecule has 0 saturated carbocycles. The first-order valence-electron chi connectivity index (χ1n) is 6.26. The minimum absolute atomic E-state index is 0.532. The summed E-state index contributed by atoms with van der Waals surface area (Å²) in [5, 5.41) is 8.47. The van der Waals surface area contributed by atoms with Gasteiger partial charge in [-0.05, 0) is 31.8 Å². The maximum atomic E-state index is 11.2. The van der Waals surface area contributed by atoms with Gasteiger partial charge in [0.15, 0.2) is 0 Å². The van der Waals surface area contributed by atoms with E-state index in [1.807, 2.05) is 0 Å². The Morgan fingerprint density at radius 1 is 1.12 bits per heavy atom. The first-order chi connectivity index (χ1) is 8.05. The van der Waals surface area contributed by atoms with E-state index in [0.717, 1.165) is 38.6 Å². The van der Waals surface area contributed by atoms with Crippen LogP contribution in [0.25, 0.3) is 0 Å². The predicted octanol–water partition coefficient (Wildman–Crippen LogP) is -1.19. The molecule has 0 radical (unpaired) electrons. The molecule has 2 fully saturated rings. The van der Waals surface area contributed by atoms with Crippen LogP contribution in [-0.2, 0) is 10.2 Å². The zero-order valence-corrected chi connectivity index (χ0v) is 11.0. The van der Waals surface area contributed by atoms with E-state index in [-0.39, 0.29) is 0 Å². The second-order valence-corrected chi connectivity index (χ2v) is 6.48. The molecule has 0 atom stereocenters. The highest BCUT2D eigenvalue weighted by atomic mass is 32.2. The molecule has 0 aliphatic carbocycles. The molecule has 0 aromatic rings. The van der Waals surface area contributed by atoms with E-state index in [9.17, 15) is 8.42 Å². The SMILES string of the molecule is NS(=O)(=O)N1CCN(CC2CCNCC2)CC1. The highest BCUT2D eigenvalue weighted by Gasteiger charge is 2.25. The summed E-state index contributed by atoms with van der Waals surface area (Å²) < 4.78 is 23.7. The molecule has 100 valence electrons. The summed E-state index contributed by atoms with van der Waals surface area (Å²) >= 11 is 0. The minimum atomic E-state index is -3.49. The Hall–Kier alpha value is -0.210. The van der Waals surface area contributed by atoms with E-state index in [2.05, 4.69) is 10.2 Å². The topological polar surface area (TPSA) is 78.7 Å². The van der Waals surface area contributed by atoms with Crippen LogP contribution in [-0.4, -0.2) is 63.4 Å². The lowest BCUT2D eigenvalue weighted by molar-refractivity contribution is 0.152. The summed E-state index contributed by atoms with van der Waals surface area (Å²) in [7, 11) is -3.49. The third-order valence-corrected chi connectivity index (χ3v) is 4.75. The maximum Gasteiger partial charge on any atom is 0.276 e. The molecule has 3 N–H and O–H groups in total. The lowest BCUT2D eigenvalue weighted by Gasteiger charge is -2.36. The fourth-order valence-electron chi connectivity index (χ4n) is 2.60. The van der Waals surface area contributed by atoms with Gasteiger partial charge in [0, 0.05) is 32.7 Å². The Kier molecular flexibility index (Phi) is 4.37. The molecule has 0 bridgehead atoms. The quantitative estimate of drug-likeness (QED) is 0.670. The fraction of sp³-hybridized carbons (Fsp3) is 1.00. The molecule has 2 aliphatic heterocycles. The Morgan fingerprint density at radius 2 is 1.71 bits per heavy atom. The molecule has 2 heterocycles. The van der Waals surface area contributed by atoms with Gasteiger partial charge in [0.1, 0.15) is 0 Å². The van der Waals surface area contributed by atoms with Crippen LogP contribution in [0.15, 0.2) is 0 Å².